The first kappa shape index (κ1) is 13.2. The molecule has 0 radical (unpaired) electrons. The number of carbonyl (C=O) groups is 1. The number of nitrogens with two attached hydrogens (primary N) is 1. The van der Waals surface area contributed by atoms with E-state index in [1.807, 2.05) is 6.07 Å². The first-order valence-electron chi connectivity index (χ1n) is 6.57. The summed E-state index contributed by atoms with van der Waals surface area (Å²) in [6.45, 7) is 6.22. The highest BCUT2D eigenvalue weighted by molar-refractivity contribution is 5.98. The molecule has 1 aromatic carbocycles. The molecule has 1 spiro atoms. The molecule has 2 N–H and O–H groups in total. The summed E-state index contributed by atoms with van der Waals surface area (Å²) in [6, 6.07) is 8.87. The highest BCUT2D eigenvalue weighted by Crippen LogP contribution is 2.43. The van der Waals surface area contributed by atoms with Gasteiger partial charge in [0.05, 0.1) is 5.41 Å². The van der Waals surface area contributed by atoms with E-state index < -0.39 is 0 Å². The number of Topliss-reactive ketones (excluding diaryl/α,β-unsaturated/α-hetero) is 1. The molecule has 3 nitrogen and oxygen atoms in total. The summed E-state index contributed by atoms with van der Waals surface area (Å²) >= 11 is 0. The van der Waals surface area contributed by atoms with Crippen LogP contribution in [0.5, 0.6) is 0 Å². The molecule has 0 aromatic heterocycles. The van der Waals surface area contributed by atoms with Gasteiger partial charge in [-0.2, -0.15) is 0 Å². The molecule has 3 rings (SSSR count). The smallest absolute Gasteiger partial charge is 0.150 e. The number of ketones is 1. The zero-order valence-corrected chi connectivity index (χ0v) is 11.4. The first-order chi connectivity index (χ1) is 8.63. The van der Waals surface area contributed by atoms with Crippen molar-refractivity contribution in [2.24, 2.45) is 5.73 Å². The van der Waals surface area contributed by atoms with Crippen LogP contribution in [0.4, 0.5) is 0 Å². The third-order valence-corrected chi connectivity index (χ3v) is 4.09. The van der Waals surface area contributed by atoms with Gasteiger partial charge in [-0.05, 0) is 32.0 Å². The molecule has 0 amide bonds. The number of likely N-dealkylation sites (tertiary alicyclic amines) is 1. The van der Waals surface area contributed by atoms with Crippen LogP contribution in [0.1, 0.15) is 25.0 Å². The molecule has 3 heteroatoms. The van der Waals surface area contributed by atoms with E-state index in [0.717, 1.165) is 13.1 Å². The Kier molecular flexibility index (Phi) is 3.55. The number of nitrogens with zero attached hydrogens (tertiary/aromatic N) is 1. The van der Waals surface area contributed by atoms with Crippen LogP contribution in [-0.2, 0) is 16.6 Å². The Balaban J connectivity index is 0.000000574. The van der Waals surface area contributed by atoms with Crippen molar-refractivity contribution >= 4 is 5.78 Å². The summed E-state index contributed by atoms with van der Waals surface area (Å²) in [6.07, 6.45) is 0.641. The van der Waals surface area contributed by atoms with Crippen molar-refractivity contribution in [3.63, 3.8) is 0 Å². The lowest BCUT2D eigenvalue weighted by Crippen LogP contribution is -2.63. The van der Waals surface area contributed by atoms with Gasteiger partial charge in [0.25, 0.3) is 0 Å². The molecule has 0 atom stereocenters. The topological polar surface area (TPSA) is 46.3 Å². The molecule has 0 bridgehead atoms. The molecule has 1 heterocycles. The second-order valence-electron chi connectivity index (χ2n) is 5.34. The fourth-order valence-corrected chi connectivity index (χ4v) is 2.99. The van der Waals surface area contributed by atoms with Crippen LogP contribution in [-0.4, -0.2) is 36.9 Å². The van der Waals surface area contributed by atoms with Crippen molar-refractivity contribution in [2.45, 2.75) is 31.7 Å². The molecule has 2 aliphatic rings. The Morgan fingerprint density at radius 1 is 1.22 bits per heavy atom. The number of fused-ring (bicyclic) bond motifs is 2. The summed E-state index contributed by atoms with van der Waals surface area (Å²) in [5.74, 6) is 0.422. The maximum absolute atomic E-state index is 12.2. The van der Waals surface area contributed by atoms with E-state index >= 15 is 0 Å². The van der Waals surface area contributed by atoms with Crippen LogP contribution < -0.4 is 5.73 Å². The minimum atomic E-state index is -0.152. The fourth-order valence-electron chi connectivity index (χ4n) is 2.99. The van der Waals surface area contributed by atoms with Crippen LogP contribution in [0.3, 0.4) is 0 Å². The van der Waals surface area contributed by atoms with Gasteiger partial charge in [0.2, 0.25) is 0 Å². The average molecular weight is 246 g/mol. The van der Waals surface area contributed by atoms with Crippen molar-refractivity contribution in [2.75, 3.05) is 20.1 Å². The third kappa shape index (κ3) is 1.78. The molecule has 0 saturated carbocycles. The molecule has 1 saturated heterocycles. The summed E-state index contributed by atoms with van der Waals surface area (Å²) < 4.78 is 0. The van der Waals surface area contributed by atoms with Crippen molar-refractivity contribution in [3.8, 4) is 0 Å². The zero-order chi connectivity index (χ0) is 13.3. The Morgan fingerprint density at radius 2 is 1.83 bits per heavy atom. The fraction of sp³-hybridized carbons (Fsp3) is 0.533. The standard InChI is InChI=1S/C14H17NO.CH5N/c1-10(2)15-8-14(9-15)12-6-4-3-5-11(12)7-13(14)16;1-2/h3-6,10H,7-9H2,1-2H3;2H2,1H3. The minimum absolute atomic E-state index is 0.152. The van der Waals surface area contributed by atoms with E-state index in [4.69, 9.17) is 0 Å². The number of hydrogen-bond acceptors (Lipinski definition) is 3. The van der Waals surface area contributed by atoms with Crippen molar-refractivity contribution < 1.29 is 4.79 Å². The molecule has 98 valence electrons. The lowest BCUT2D eigenvalue weighted by molar-refractivity contribution is -0.130. The number of benzene rings is 1. The second-order valence-corrected chi connectivity index (χ2v) is 5.34. The van der Waals surface area contributed by atoms with Gasteiger partial charge in [0.15, 0.2) is 0 Å². The molecular weight excluding hydrogens is 224 g/mol. The highest BCUT2D eigenvalue weighted by atomic mass is 16.1. The third-order valence-electron chi connectivity index (χ3n) is 4.09. The summed E-state index contributed by atoms with van der Waals surface area (Å²) in [5.41, 5.74) is 6.88. The lowest BCUT2D eigenvalue weighted by atomic mass is 9.73. The molecular formula is C15H22N2O. The maximum atomic E-state index is 12.2. The van der Waals surface area contributed by atoms with Crippen LogP contribution in [0.15, 0.2) is 24.3 Å². The van der Waals surface area contributed by atoms with Crippen LogP contribution in [0.2, 0.25) is 0 Å². The van der Waals surface area contributed by atoms with Gasteiger partial charge in [-0.1, -0.05) is 24.3 Å². The summed E-state index contributed by atoms with van der Waals surface area (Å²) in [4.78, 5) is 14.6. The predicted octanol–water partition coefficient (Wildman–Crippen LogP) is 1.35. The van der Waals surface area contributed by atoms with Gasteiger partial charge in [-0.3, -0.25) is 9.69 Å². The SMILES string of the molecule is CC(C)N1CC2(C1)C(=O)Cc1ccccc12.CN. The quantitative estimate of drug-likeness (QED) is 0.813. The molecule has 18 heavy (non-hydrogen) atoms. The van der Waals surface area contributed by atoms with Gasteiger partial charge in [-0.15, -0.1) is 0 Å². The number of rotatable bonds is 1. The summed E-state index contributed by atoms with van der Waals surface area (Å²) in [5, 5.41) is 0. The van der Waals surface area contributed by atoms with Gasteiger partial charge < -0.3 is 5.73 Å². The molecule has 1 aliphatic heterocycles. The van der Waals surface area contributed by atoms with Gasteiger partial charge in [-0.25, -0.2) is 0 Å². The molecule has 0 unspecified atom stereocenters. The Bertz CT molecular complexity index is 448. The van der Waals surface area contributed by atoms with E-state index in [0.29, 0.717) is 18.2 Å². The second kappa shape index (κ2) is 4.82. The highest BCUT2D eigenvalue weighted by Gasteiger charge is 2.54. The monoisotopic (exact) mass is 246 g/mol. The average Bonchev–Trinajstić information content (AvgIpc) is 2.61. The Morgan fingerprint density at radius 3 is 2.44 bits per heavy atom. The molecule has 1 aliphatic carbocycles. The van der Waals surface area contributed by atoms with E-state index in [9.17, 15) is 4.79 Å². The number of hydrogen-bond donors (Lipinski definition) is 1. The van der Waals surface area contributed by atoms with E-state index in [1.54, 1.807) is 0 Å². The van der Waals surface area contributed by atoms with Crippen molar-refractivity contribution in [3.05, 3.63) is 35.4 Å². The maximum Gasteiger partial charge on any atom is 0.150 e. The lowest BCUT2D eigenvalue weighted by Gasteiger charge is -2.49. The largest absolute Gasteiger partial charge is 0.333 e. The molecule has 1 aromatic rings. The predicted molar refractivity (Wildman–Crippen MR) is 73.7 cm³/mol. The minimum Gasteiger partial charge on any atom is -0.333 e. The van der Waals surface area contributed by atoms with Crippen LogP contribution >= 0.6 is 0 Å². The molecule has 1 fully saturated rings. The number of carbonyl (C=O) groups excluding carboxylic acids is 1. The van der Waals surface area contributed by atoms with E-state index in [2.05, 4.69) is 42.7 Å². The summed E-state index contributed by atoms with van der Waals surface area (Å²) in [7, 11) is 1.50. The van der Waals surface area contributed by atoms with Crippen LogP contribution in [0, 0.1) is 0 Å². The van der Waals surface area contributed by atoms with Crippen molar-refractivity contribution in [1.29, 1.82) is 0 Å². The van der Waals surface area contributed by atoms with Gasteiger partial charge in [0.1, 0.15) is 5.78 Å². The van der Waals surface area contributed by atoms with Crippen LogP contribution in [0.25, 0.3) is 0 Å². The normalized spacial score (nSPS) is 20.4. The van der Waals surface area contributed by atoms with Gasteiger partial charge in [0, 0.05) is 25.6 Å². The van der Waals surface area contributed by atoms with E-state index in [1.165, 1.54) is 18.2 Å². The van der Waals surface area contributed by atoms with Crippen molar-refractivity contribution in [1.82, 2.24) is 4.90 Å². The first-order valence-corrected chi connectivity index (χ1v) is 6.57. The van der Waals surface area contributed by atoms with Gasteiger partial charge >= 0.3 is 0 Å². The van der Waals surface area contributed by atoms with E-state index in [-0.39, 0.29) is 5.41 Å². The Hall–Kier alpha value is -1.19. The zero-order valence-electron chi connectivity index (χ0n) is 11.4. The Labute approximate surface area is 109 Å².